The van der Waals surface area contributed by atoms with Crippen molar-refractivity contribution < 1.29 is 13.6 Å². The Kier molecular flexibility index (Phi) is 6.44. The maximum atomic E-state index is 13.2. The summed E-state index contributed by atoms with van der Waals surface area (Å²) in [6.45, 7) is 2.84. The van der Waals surface area contributed by atoms with Crippen molar-refractivity contribution in [2.45, 2.75) is 32.2 Å². The van der Waals surface area contributed by atoms with Gasteiger partial charge in [-0.3, -0.25) is 4.79 Å². The minimum Gasteiger partial charge on any atom is -0.366 e. The summed E-state index contributed by atoms with van der Waals surface area (Å²) < 4.78 is 26.1. The number of hydrogen-bond donors (Lipinski definition) is 2. The van der Waals surface area contributed by atoms with Gasteiger partial charge in [-0.2, -0.15) is 0 Å². The zero-order valence-electron chi connectivity index (χ0n) is 13.7. The van der Waals surface area contributed by atoms with Gasteiger partial charge in [-0.05, 0) is 68.1 Å². The highest BCUT2D eigenvalue weighted by molar-refractivity contribution is 5.92. The van der Waals surface area contributed by atoms with Gasteiger partial charge in [0.05, 0.1) is 0 Å². The summed E-state index contributed by atoms with van der Waals surface area (Å²) in [5, 5.41) is 3.37. The smallest absolute Gasteiger partial charge is 0.248 e. The van der Waals surface area contributed by atoms with E-state index in [1.54, 1.807) is 18.2 Å². The van der Waals surface area contributed by atoms with Crippen molar-refractivity contribution in [1.29, 1.82) is 0 Å². The Balaban J connectivity index is 1.71. The number of nitrogens with one attached hydrogen (secondary N) is 1. The number of primary amides is 1. The lowest BCUT2D eigenvalue weighted by Crippen LogP contribution is -2.29. The molecule has 0 aliphatic carbocycles. The molecule has 0 bridgehead atoms. The highest BCUT2D eigenvalue weighted by atomic mass is 19.2. The maximum absolute atomic E-state index is 13.2. The summed E-state index contributed by atoms with van der Waals surface area (Å²) >= 11 is 0. The minimum absolute atomic E-state index is 0.173. The first kappa shape index (κ1) is 18.1. The number of hydrogen-bond acceptors (Lipinski definition) is 2. The zero-order valence-corrected chi connectivity index (χ0v) is 13.7. The average Bonchev–Trinajstić information content (AvgIpc) is 2.55. The second-order valence-corrected chi connectivity index (χ2v) is 5.97. The normalized spacial score (nSPS) is 12.1. The molecular formula is C19H22F2N2O. The molecule has 0 aliphatic rings. The van der Waals surface area contributed by atoms with Crippen molar-refractivity contribution in [3.8, 4) is 0 Å². The van der Waals surface area contributed by atoms with Gasteiger partial charge in [-0.15, -0.1) is 0 Å². The number of carbonyl (C=O) groups is 1. The Morgan fingerprint density at radius 2 is 1.75 bits per heavy atom. The quantitative estimate of drug-likeness (QED) is 0.729. The standard InChI is InChI=1S/C19H22F2N2O/c1-13(11-15-6-9-17(20)18(21)12-15)23-10-2-3-14-4-7-16(8-5-14)19(22)24/h4-9,12-13,23H,2-3,10-11H2,1H3,(H2,22,24). The first-order valence-corrected chi connectivity index (χ1v) is 8.02. The number of rotatable bonds is 8. The maximum Gasteiger partial charge on any atom is 0.248 e. The molecule has 0 heterocycles. The molecule has 0 fully saturated rings. The monoisotopic (exact) mass is 332 g/mol. The highest BCUT2D eigenvalue weighted by Crippen LogP contribution is 2.11. The molecule has 1 amide bonds. The molecule has 0 radical (unpaired) electrons. The van der Waals surface area contributed by atoms with E-state index in [9.17, 15) is 13.6 Å². The van der Waals surface area contributed by atoms with Crippen molar-refractivity contribution in [3.63, 3.8) is 0 Å². The van der Waals surface area contributed by atoms with Crippen LogP contribution in [-0.4, -0.2) is 18.5 Å². The molecule has 0 aliphatic heterocycles. The van der Waals surface area contributed by atoms with Gasteiger partial charge in [-0.1, -0.05) is 18.2 Å². The third kappa shape index (κ3) is 5.42. The van der Waals surface area contributed by atoms with Gasteiger partial charge in [0.2, 0.25) is 5.91 Å². The second-order valence-electron chi connectivity index (χ2n) is 5.97. The summed E-state index contributed by atoms with van der Waals surface area (Å²) in [5.41, 5.74) is 7.64. The molecule has 0 saturated heterocycles. The summed E-state index contributed by atoms with van der Waals surface area (Å²) in [6, 6.07) is 11.5. The van der Waals surface area contributed by atoms with Crippen LogP contribution in [0.1, 0.15) is 34.8 Å². The summed E-state index contributed by atoms with van der Waals surface area (Å²) in [6.07, 6.45) is 2.48. The molecule has 5 heteroatoms. The first-order chi connectivity index (χ1) is 11.5. The van der Waals surface area contributed by atoms with Crippen LogP contribution in [0.2, 0.25) is 0 Å². The van der Waals surface area contributed by atoms with Crippen molar-refractivity contribution >= 4 is 5.91 Å². The first-order valence-electron chi connectivity index (χ1n) is 8.02. The number of halogens is 2. The lowest BCUT2D eigenvalue weighted by atomic mass is 10.1. The van der Waals surface area contributed by atoms with Gasteiger partial charge in [0.25, 0.3) is 0 Å². The molecule has 0 saturated carbocycles. The van der Waals surface area contributed by atoms with E-state index < -0.39 is 17.5 Å². The Morgan fingerprint density at radius 1 is 1.08 bits per heavy atom. The van der Waals surface area contributed by atoms with E-state index in [0.29, 0.717) is 12.0 Å². The van der Waals surface area contributed by atoms with Gasteiger partial charge >= 0.3 is 0 Å². The summed E-state index contributed by atoms with van der Waals surface area (Å²) in [4.78, 5) is 11.0. The minimum atomic E-state index is -0.818. The molecule has 2 aromatic carbocycles. The van der Waals surface area contributed by atoms with Crippen LogP contribution in [-0.2, 0) is 12.8 Å². The number of carbonyl (C=O) groups excluding carboxylic acids is 1. The highest BCUT2D eigenvalue weighted by Gasteiger charge is 2.07. The Labute approximate surface area is 140 Å². The lowest BCUT2D eigenvalue weighted by Gasteiger charge is -2.14. The Morgan fingerprint density at radius 3 is 2.38 bits per heavy atom. The fraction of sp³-hybridized carbons (Fsp3) is 0.316. The number of nitrogens with two attached hydrogens (primary N) is 1. The van der Waals surface area contributed by atoms with E-state index in [1.165, 1.54) is 6.07 Å². The number of amides is 1. The third-order valence-corrected chi connectivity index (χ3v) is 3.90. The van der Waals surface area contributed by atoms with Crippen LogP contribution in [0.4, 0.5) is 8.78 Å². The molecule has 128 valence electrons. The van der Waals surface area contributed by atoms with Crippen LogP contribution in [0, 0.1) is 11.6 Å². The van der Waals surface area contributed by atoms with Crippen molar-refractivity contribution in [2.75, 3.05) is 6.54 Å². The van der Waals surface area contributed by atoms with Gasteiger partial charge < -0.3 is 11.1 Å². The molecule has 2 rings (SSSR count). The summed E-state index contributed by atoms with van der Waals surface area (Å²) in [7, 11) is 0. The molecule has 1 atom stereocenters. The molecule has 0 aromatic heterocycles. The van der Waals surface area contributed by atoms with Crippen LogP contribution in [0.3, 0.4) is 0 Å². The molecular weight excluding hydrogens is 310 g/mol. The predicted octanol–water partition coefficient (Wildman–Crippen LogP) is 3.22. The van der Waals surface area contributed by atoms with Crippen LogP contribution in [0.25, 0.3) is 0 Å². The predicted molar refractivity (Wildman–Crippen MR) is 90.8 cm³/mol. The molecule has 1 unspecified atom stereocenters. The molecule has 24 heavy (non-hydrogen) atoms. The van der Waals surface area contributed by atoms with E-state index in [2.05, 4.69) is 5.32 Å². The second kappa shape index (κ2) is 8.55. The van der Waals surface area contributed by atoms with Gasteiger partial charge in [0.1, 0.15) is 0 Å². The van der Waals surface area contributed by atoms with Crippen LogP contribution in [0.5, 0.6) is 0 Å². The Hall–Kier alpha value is -2.27. The van der Waals surface area contributed by atoms with Gasteiger partial charge in [-0.25, -0.2) is 8.78 Å². The average molecular weight is 332 g/mol. The van der Waals surface area contributed by atoms with E-state index >= 15 is 0 Å². The largest absolute Gasteiger partial charge is 0.366 e. The SMILES string of the molecule is CC(Cc1ccc(F)c(F)c1)NCCCc1ccc(C(N)=O)cc1. The van der Waals surface area contributed by atoms with E-state index in [4.69, 9.17) is 5.73 Å². The van der Waals surface area contributed by atoms with Crippen molar-refractivity contribution in [2.24, 2.45) is 5.73 Å². The van der Waals surface area contributed by atoms with Crippen LogP contribution >= 0.6 is 0 Å². The lowest BCUT2D eigenvalue weighted by molar-refractivity contribution is 0.100. The van der Waals surface area contributed by atoms with Crippen LogP contribution < -0.4 is 11.1 Å². The van der Waals surface area contributed by atoms with E-state index in [-0.39, 0.29) is 6.04 Å². The van der Waals surface area contributed by atoms with Gasteiger partial charge in [0, 0.05) is 11.6 Å². The zero-order chi connectivity index (χ0) is 17.5. The molecule has 3 N–H and O–H groups in total. The molecule has 0 spiro atoms. The van der Waals surface area contributed by atoms with E-state index in [1.807, 2.05) is 19.1 Å². The number of benzene rings is 2. The topological polar surface area (TPSA) is 55.1 Å². The van der Waals surface area contributed by atoms with Crippen LogP contribution in [0.15, 0.2) is 42.5 Å². The molecule has 3 nitrogen and oxygen atoms in total. The van der Waals surface area contributed by atoms with Crippen molar-refractivity contribution in [3.05, 3.63) is 70.8 Å². The fourth-order valence-electron chi connectivity index (χ4n) is 2.57. The third-order valence-electron chi connectivity index (χ3n) is 3.90. The van der Waals surface area contributed by atoms with E-state index in [0.717, 1.165) is 36.6 Å². The number of aryl methyl sites for hydroxylation is 1. The van der Waals surface area contributed by atoms with Crippen molar-refractivity contribution in [1.82, 2.24) is 5.32 Å². The fourth-order valence-corrected chi connectivity index (χ4v) is 2.57. The Bertz CT molecular complexity index is 686. The van der Waals surface area contributed by atoms with Gasteiger partial charge in [0.15, 0.2) is 11.6 Å². The molecule has 2 aromatic rings. The summed E-state index contributed by atoms with van der Waals surface area (Å²) in [5.74, 6) is -2.05.